The molecule has 8 heteroatoms. The molecule has 7 nitrogen and oxygen atoms in total. The Kier molecular flexibility index (Phi) is 7.23. The molecule has 0 saturated carbocycles. The van der Waals surface area contributed by atoms with E-state index in [4.69, 9.17) is 9.47 Å². The van der Waals surface area contributed by atoms with Crippen LogP contribution in [0.1, 0.15) is 53.7 Å². The van der Waals surface area contributed by atoms with Crippen LogP contribution in [0, 0.1) is 6.92 Å². The minimum atomic E-state index is -3.64. The third kappa shape index (κ3) is 4.85. The van der Waals surface area contributed by atoms with Gasteiger partial charge in [0.2, 0.25) is 10.0 Å². The van der Waals surface area contributed by atoms with Gasteiger partial charge >= 0.3 is 0 Å². The maximum absolute atomic E-state index is 13.2. The lowest BCUT2D eigenvalue weighted by atomic mass is 10.0. The van der Waals surface area contributed by atoms with Crippen molar-refractivity contribution in [3.63, 3.8) is 0 Å². The molecule has 0 bridgehead atoms. The van der Waals surface area contributed by atoms with Gasteiger partial charge in [-0.1, -0.05) is 19.1 Å². The molecule has 1 N–H and O–H groups in total. The molecule has 3 rings (SSSR count). The quantitative estimate of drug-likeness (QED) is 0.669. The molecular weight excluding hydrogens is 416 g/mol. The molecule has 2 aromatic carbocycles. The fraction of sp³-hybridized carbons (Fsp3) is 0.435. The van der Waals surface area contributed by atoms with Crippen LogP contribution in [0.4, 0.5) is 0 Å². The standard InChI is InChI=1S/C23H30N2O5S/c1-5-20(17-8-10-21(29-3)16(2)14-17)24-23(26)19-15-18(9-11-22(19)30-4)31(27,28)25-12-6-7-13-25/h8-11,14-15,20H,5-7,12-13H2,1-4H3,(H,24,26)/t20-/m1/s1. The van der Waals surface area contributed by atoms with Gasteiger partial charge in [0.1, 0.15) is 11.5 Å². The number of benzene rings is 2. The van der Waals surface area contributed by atoms with Gasteiger partial charge < -0.3 is 14.8 Å². The van der Waals surface area contributed by atoms with Gasteiger partial charge in [0.15, 0.2) is 0 Å². The van der Waals surface area contributed by atoms with Gasteiger partial charge in [0.05, 0.1) is 30.7 Å². The van der Waals surface area contributed by atoms with Crippen LogP contribution in [0.25, 0.3) is 0 Å². The molecule has 0 aliphatic carbocycles. The van der Waals surface area contributed by atoms with Crippen molar-refractivity contribution in [1.29, 1.82) is 0 Å². The maximum Gasteiger partial charge on any atom is 0.255 e. The molecule has 1 heterocycles. The molecule has 0 unspecified atom stereocenters. The van der Waals surface area contributed by atoms with E-state index in [2.05, 4.69) is 5.32 Å². The summed E-state index contributed by atoms with van der Waals surface area (Å²) in [7, 11) is -0.551. The Balaban J connectivity index is 1.89. The highest BCUT2D eigenvalue weighted by atomic mass is 32.2. The molecule has 168 valence electrons. The Morgan fingerprint density at radius 3 is 2.29 bits per heavy atom. The van der Waals surface area contributed by atoms with Crippen molar-refractivity contribution in [1.82, 2.24) is 9.62 Å². The summed E-state index contributed by atoms with van der Waals surface area (Å²) < 4.78 is 38.0. The minimum absolute atomic E-state index is 0.105. The first-order valence-corrected chi connectivity index (χ1v) is 11.9. The van der Waals surface area contributed by atoms with Crippen LogP contribution in [0.5, 0.6) is 11.5 Å². The van der Waals surface area contributed by atoms with Gasteiger partial charge in [-0.2, -0.15) is 4.31 Å². The van der Waals surface area contributed by atoms with E-state index in [9.17, 15) is 13.2 Å². The molecular formula is C23H30N2O5S. The zero-order chi connectivity index (χ0) is 22.6. The van der Waals surface area contributed by atoms with Gasteiger partial charge in [-0.3, -0.25) is 4.79 Å². The first kappa shape index (κ1) is 23.1. The monoisotopic (exact) mass is 446 g/mol. The average molecular weight is 447 g/mol. The summed E-state index contributed by atoms with van der Waals surface area (Å²) in [4.78, 5) is 13.3. The fourth-order valence-corrected chi connectivity index (χ4v) is 5.42. The molecule has 1 saturated heterocycles. The summed E-state index contributed by atoms with van der Waals surface area (Å²) >= 11 is 0. The van der Waals surface area contributed by atoms with E-state index in [0.717, 1.165) is 29.7 Å². The van der Waals surface area contributed by atoms with E-state index < -0.39 is 10.0 Å². The first-order valence-electron chi connectivity index (χ1n) is 10.5. The number of sulfonamides is 1. The number of amides is 1. The molecule has 0 aromatic heterocycles. The van der Waals surface area contributed by atoms with Crippen LogP contribution >= 0.6 is 0 Å². The van der Waals surface area contributed by atoms with Crippen molar-refractivity contribution in [3.8, 4) is 11.5 Å². The van der Waals surface area contributed by atoms with E-state index in [1.54, 1.807) is 7.11 Å². The third-order valence-corrected chi connectivity index (χ3v) is 7.55. The Bertz CT molecular complexity index is 1050. The summed E-state index contributed by atoms with van der Waals surface area (Å²) in [6.45, 7) is 4.94. The zero-order valence-corrected chi connectivity index (χ0v) is 19.3. The molecule has 1 aliphatic heterocycles. The Morgan fingerprint density at radius 1 is 1.06 bits per heavy atom. The topological polar surface area (TPSA) is 84.9 Å². The number of rotatable bonds is 8. The lowest BCUT2D eigenvalue weighted by Gasteiger charge is -2.21. The van der Waals surface area contributed by atoms with Gasteiger partial charge in [0, 0.05) is 13.1 Å². The number of ether oxygens (including phenoxy) is 2. The summed E-state index contributed by atoms with van der Waals surface area (Å²) in [5, 5.41) is 3.02. The van der Waals surface area contributed by atoms with Crippen molar-refractivity contribution in [2.24, 2.45) is 0 Å². The summed E-state index contributed by atoms with van der Waals surface area (Å²) in [6.07, 6.45) is 2.37. The van der Waals surface area contributed by atoms with Crippen LogP contribution < -0.4 is 14.8 Å². The second-order valence-electron chi connectivity index (χ2n) is 7.64. The van der Waals surface area contributed by atoms with Crippen LogP contribution in [0.15, 0.2) is 41.3 Å². The first-order chi connectivity index (χ1) is 14.8. The number of hydrogen-bond acceptors (Lipinski definition) is 5. The number of methoxy groups -OCH3 is 2. The average Bonchev–Trinajstić information content (AvgIpc) is 3.32. The van der Waals surface area contributed by atoms with Crippen LogP contribution in [-0.2, 0) is 10.0 Å². The third-order valence-electron chi connectivity index (χ3n) is 5.65. The van der Waals surface area contributed by atoms with Crippen molar-refractivity contribution in [2.75, 3.05) is 27.3 Å². The highest BCUT2D eigenvalue weighted by Crippen LogP contribution is 2.28. The fourth-order valence-electron chi connectivity index (χ4n) is 3.88. The number of hydrogen-bond donors (Lipinski definition) is 1. The predicted octanol–water partition coefficient (Wildman–Crippen LogP) is 3.68. The van der Waals surface area contributed by atoms with Gasteiger partial charge in [-0.25, -0.2) is 8.42 Å². The lowest BCUT2D eigenvalue weighted by Crippen LogP contribution is -2.30. The summed E-state index contributed by atoms with van der Waals surface area (Å²) in [5.74, 6) is 0.737. The van der Waals surface area contributed by atoms with Crippen LogP contribution in [0.2, 0.25) is 0 Å². The van der Waals surface area contributed by atoms with Crippen LogP contribution in [0.3, 0.4) is 0 Å². The van der Waals surface area contributed by atoms with Gasteiger partial charge in [0.25, 0.3) is 5.91 Å². The largest absolute Gasteiger partial charge is 0.496 e. The second-order valence-corrected chi connectivity index (χ2v) is 9.57. The smallest absolute Gasteiger partial charge is 0.255 e. The van der Waals surface area contributed by atoms with E-state index in [-0.39, 0.29) is 22.4 Å². The number of carbonyl (C=O) groups is 1. The number of aryl methyl sites for hydroxylation is 1. The molecule has 2 aromatic rings. The predicted molar refractivity (Wildman–Crippen MR) is 119 cm³/mol. The molecule has 1 amide bonds. The van der Waals surface area contributed by atoms with Crippen molar-refractivity contribution < 1.29 is 22.7 Å². The van der Waals surface area contributed by atoms with E-state index in [0.29, 0.717) is 25.3 Å². The van der Waals surface area contributed by atoms with Crippen molar-refractivity contribution in [2.45, 2.75) is 44.0 Å². The highest BCUT2D eigenvalue weighted by Gasteiger charge is 2.29. The van der Waals surface area contributed by atoms with Gasteiger partial charge in [-0.05, 0) is 61.6 Å². The SMILES string of the molecule is CC[C@@H](NC(=O)c1cc(S(=O)(=O)N2CCCC2)ccc1OC)c1ccc(OC)c(C)c1. The lowest BCUT2D eigenvalue weighted by molar-refractivity contribution is 0.0932. The molecule has 1 fully saturated rings. The molecule has 1 aliphatic rings. The number of nitrogens with one attached hydrogen (secondary N) is 1. The molecule has 1 atom stereocenters. The Morgan fingerprint density at radius 2 is 1.71 bits per heavy atom. The normalized spacial score (nSPS) is 15.5. The maximum atomic E-state index is 13.2. The van der Waals surface area contributed by atoms with E-state index in [1.807, 2.05) is 32.0 Å². The van der Waals surface area contributed by atoms with E-state index in [1.165, 1.54) is 29.6 Å². The summed E-state index contributed by atoms with van der Waals surface area (Å²) in [6, 6.07) is 9.99. The number of carbonyl (C=O) groups excluding carboxylic acids is 1. The zero-order valence-electron chi connectivity index (χ0n) is 18.5. The highest BCUT2D eigenvalue weighted by molar-refractivity contribution is 7.89. The van der Waals surface area contributed by atoms with Crippen LogP contribution in [-0.4, -0.2) is 45.9 Å². The second kappa shape index (κ2) is 9.70. The minimum Gasteiger partial charge on any atom is -0.496 e. The van der Waals surface area contributed by atoms with Gasteiger partial charge in [-0.15, -0.1) is 0 Å². The van der Waals surface area contributed by atoms with Crippen molar-refractivity contribution in [3.05, 3.63) is 53.1 Å². The molecule has 0 radical (unpaired) electrons. The Labute approximate surface area is 184 Å². The molecule has 0 spiro atoms. The summed E-state index contributed by atoms with van der Waals surface area (Å²) in [5.41, 5.74) is 2.13. The van der Waals surface area contributed by atoms with Crippen molar-refractivity contribution >= 4 is 15.9 Å². The molecule has 31 heavy (non-hydrogen) atoms. The number of nitrogens with zero attached hydrogens (tertiary/aromatic N) is 1. The Hall–Kier alpha value is -2.58. The van der Waals surface area contributed by atoms with E-state index >= 15 is 0 Å².